The zero-order chi connectivity index (χ0) is 16.7. The minimum absolute atomic E-state index is 0.0430. The fourth-order valence-electron chi connectivity index (χ4n) is 3.16. The molecule has 0 amide bonds. The molecule has 1 aliphatic heterocycles. The molecular formula is C15H18N4O4S. The summed E-state index contributed by atoms with van der Waals surface area (Å²) in [4.78, 5) is 12.1. The Balaban J connectivity index is 1.60. The van der Waals surface area contributed by atoms with Crippen LogP contribution in [0.15, 0.2) is 38.8 Å². The second-order valence-electron chi connectivity index (χ2n) is 6.32. The Morgan fingerprint density at radius 3 is 2.79 bits per heavy atom. The average Bonchev–Trinajstić information content (AvgIpc) is 3.06. The molecule has 0 N–H and O–H groups in total. The van der Waals surface area contributed by atoms with Gasteiger partial charge >= 0.3 is 0 Å². The first-order valence-electron chi connectivity index (χ1n) is 8.05. The molecule has 2 aromatic heterocycles. The van der Waals surface area contributed by atoms with E-state index in [4.69, 9.17) is 0 Å². The summed E-state index contributed by atoms with van der Waals surface area (Å²) in [6.07, 6.45) is 5.98. The summed E-state index contributed by atoms with van der Waals surface area (Å²) in [6, 6.07) is 3.01. The number of sulfonamides is 1. The van der Waals surface area contributed by atoms with Crippen LogP contribution in [0.3, 0.4) is 0 Å². The monoisotopic (exact) mass is 350 g/mol. The quantitative estimate of drug-likeness (QED) is 0.797. The third-order valence-corrected chi connectivity index (χ3v) is 6.50. The molecule has 0 bridgehead atoms. The highest BCUT2D eigenvalue weighted by Crippen LogP contribution is 2.38. The summed E-state index contributed by atoms with van der Waals surface area (Å²) in [5.74, 6) is 0.442. The van der Waals surface area contributed by atoms with E-state index < -0.39 is 10.0 Å². The molecule has 9 heteroatoms. The van der Waals surface area contributed by atoms with Gasteiger partial charge in [0.05, 0.1) is 18.4 Å². The zero-order valence-corrected chi connectivity index (χ0v) is 13.9. The van der Waals surface area contributed by atoms with Crippen LogP contribution >= 0.6 is 0 Å². The Hall–Kier alpha value is -2.00. The van der Waals surface area contributed by atoms with Gasteiger partial charge in [-0.3, -0.25) is 4.79 Å². The van der Waals surface area contributed by atoms with Crippen molar-refractivity contribution >= 4 is 10.0 Å². The molecule has 24 heavy (non-hydrogen) atoms. The van der Waals surface area contributed by atoms with Crippen LogP contribution in [-0.4, -0.2) is 40.2 Å². The largest absolute Gasteiger partial charge is 0.363 e. The zero-order valence-electron chi connectivity index (χ0n) is 13.0. The summed E-state index contributed by atoms with van der Waals surface area (Å²) < 4.78 is 32.9. The number of hydrogen-bond acceptors (Lipinski definition) is 6. The Morgan fingerprint density at radius 2 is 2.08 bits per heavy atom. The van der Waals surface area contributed by atoms with Gasteiger partial charge in [-0.25, -0.2) is 13.1 Å². The fourth-order valence-corrected chi connectivity index (χ4v) is 4.70. The van der Waals surface area contributed by atoms with Crippen molar-refractivity contribution in [2.45, 2.75) is 49.1 Å². The van der Waals surface area contributed by atoms with E-state index in [1.165, 1.54) is 21.3 Å². The van der Waals surface area contributed by atoms with Crippen LogP contribution in [-0.2, 0) is 16.6 Å². The molecule has 2 aliphatic rings. The normalized spacial score (nSPS) is 22.1. The predicted molar refractivity (Wildman–Crippen MR) is 83.9 cm³/mol. The van der Waals surface area contributed by atoms with E-state index in [0.717, 1.165) is 31.2 Å². The van der Waals surface area contributed by atoms with E-state index in [1.807, 2.05) is 0 Å². The number of hydrogen-bond donors (Lipinski definition) is 0. The molecule has 2 fully saturated rings. The summed E-state index contributed by atoms with van der Waals surface area (Å²) in [6.45, 7) is 0.694. The molecule has 8 nitrogen and oxygen atoms in total. The maximum atomic E-state index is 12.7. The van der Waals surface area contributed by atoms with Gasteiger partial charge in [0.1, 0.15) is 11.2 Å². The van der Waals surface area contributed by atoms with Crippen molar-refractivity contribution in [1.82, 2.24) is 19.2 Å². The first-order chi connectivity index (χ1) is 11.6. The van der Waals surface area contributed by atoms with E-state index in [9.17, 15) is 13.2 Å². The van der Waals surface area contributed by atoms with Crippen molar-refractivity contribution in [1.29, 1.82) is 0 Å². The average molecular weight is 350 g/mol. The maximum Gasteiger partial charge on any atom is 0.266 e. The van der Waals surface area contributed by atoms with Crippen LogP contribution in [0.4, 0.5) is 0 Å². The minimum atomic E-state index is -3.66. The second-order valence-corrected chi connectivity index (χ2v) is 8.22. The molecule has 1 saturated heterocycles. The van der Waals surface area contributed by atoms with Crippen LogP contribution < -0.4 is 5.56 Å². The fraction of sp³-hybridized carbons (Fsp3) is 0.533. The SMILES string of the molecule is O=c1ccc(C2CC2)nn1CC1CCCN1S(=O)(=O)c1cnoc1. The summed E-state index contributed by atoms with van der Waals surface area (Å²) in [7, 11) is -3.66. The van der Waals surface area contributed by atoms with E-state index in [-0.39, 0.29) is 23.0 Å². The molecule has 3 heterocycles. The molecule has 1 aliphatic carbocycles. The van der Waals surface area contributed by atoms with Crippen LogP contribution in [0.2, 0.25) is 0 Å². The van der Waals surface area contributed by atoms with E-state index >= 15 is 0 Å². The molecular weight excluding hydrogens is 332 g/mol. The van der Waals surface area contributed by atoms with Gasteiger partial charge in [-0.05, 0) is 31.7 Å². The molecule has 2 aromatic rings. The Kier molecular flexibility index (Phi) is 3.76. The topological polar surface area (TPSA) is 98.3 Å². The minimum Gasteiger partial charge on any atom is -0.363 e. The van der Waals surface area contributed by atoms with Gasteiger partial charge in [0, 0.05) is 24.6 Å². The lowest BCUT2D eigenvalue weighted by Crippen LogP contribution is -2.40. The van der Waals surface area contributed by atoms with Crippen LogP contribution in [0, 0.1) is 0 Å². The maximum absolute atomic E-state index is 12.7. The molecule has 0 spiro atoms. The van der Waals surface area contributed by atoms with Crippen molar-refractivity contribution in [3.05, 3.63) is 40.6 Å². The highest BCUT2D eigenvalue weighted by molar-refractivity contribution is 7.89. The Bertz CT molecular complexity index is 886. The molecule has 1 unspecified atom stereocenters. The lowest BCUT2D eigenvalue weighted by atomic mass is 10.2. The van der Waals surface area contributed by atoms with E-state index in [0.29, 0.717) is 18.9 Å². The van der Waals surface area contributed by atoms with Crippen molar-refractivity contribution in [3.63, 3.8) is 0 Å². The first kappa shape index (κ1) is 15.5. The van der Waals surface area contributed by atoms with Gasteiger partial charge in [0.15, 0.2) is 0 Å². The van der Waals surface area contributed by atoms with Crippen molar-refractivity contribution in [2.24, 2.45) is 0 Å². The van der Waals surface area contributed by atoms with Crippen molar-refractivity contribution < 1.29 is 12.9 Å². The summed E-state index contributed by atoms with van der Waals surface area (Å²) in [5, 5.41) is 7.90. The van der Waals surface area contributed by atoms with Gasteiger partial charge < -0.3 is 4.52 Å². The lowest BCUT2D eigenvalue weighted by Gasteiger charge is -2.23. The standard InChI is InChI=1S/C15H18N4O4S/c20-15-6-5-14(11-3-4-11)17-18(15)9-12-2-1-7-19(12)24(21,22)13-8-16-23-10-13/h5-6,8,10-12H,1-4,7,9H2. The van der Waals surface area contributed by atoms with Gasteiger partial charge in [0.25, 0.3) is 5.56 Å². The highest BCUT2D eigenvalue weighted by atomic mass is 32.2. The Morgan fingerprint density at radius 1 is 1.25 bits per heavy atom. The van der Waals surface area contributed by atoms with E-state index in [1.54, 1.807) is 6.07 Å². The van der Waals surface area contributed by atoms with Crippen molar-refractivity contribution in [3.8, 4) is 0 Å². The van der Waals surface area contributed by atoms with Crippen molar-refractivity contribution in [2.75, 3.05) is 6.54 Å². The van der Waals surface area contributed by atoms with Gasteiger partial charge in [-0.2, -0.15) is 9.40 Å². The van der Waals surface area contributed by atoms with Crippen LogP contribution in [0.25, 0.3) is 0 Å². The lowest BCUT2D eigenvalue weighted by molar-refractivity contribution is 0.333. The van der Waals surface area contributed by atoms with Gasteiger partial charge in [-0.1, -0.05) is 5.16 Å². The Labute approximate surface area is 139 Å². The number of aromatic nitrogens is 3. The van der Waals surface area contributed by atoms with Crippen LogP contribution in [0.5, 0.6) is 0 Å². The third kappa shape index (κ3) is 2.78. The molecule has 1 saturated carbocycles. The third-order valence-electron chi connectivity index (χ3n) is 4.61. The number of rotatable bonds is 5. The summed E-state index contributed by atoms with van der Waals surface area (Å²) in [5.41, 5.74) is 0.717. The predicted octanol–water partition coefficient (Wildman–Crippen LogP) is 0.962. The molecule has 0 radical (unpaired) electrons. The van der Waals surface area contributed by atoms with Gasteiger partial charge in [-0.15, -0.1) is 0 Å². The molecule has 0 aromatic carbocycles. The van der Waals surface area contributed by atoms with Crippen LogP contribution in [0.1, 0.15) is 37.3 Å². The molecule has 128 valence electrons. The second kappa shape index (κ2) is 5.82. The molecule has 4 rings (SSSR count). The van der Waals surface area contributed by atoms with E-state index in [2.05, 4.69) is 14.8 Å². The molecule has 1 atom stereocenters. The smallest absolute Gasteiger partial charge is 0.266 e. The highest BCUT2D eigenvalue weighted by Gasteiger charge is 2.37. The summed E-state index contributed by atoms with van der Waals surface area (Å²) >= 11 is 0. The number of nitrogens with zero attached hydrogens (tertiary/aromatic N) is 4. The van der Waals surface area contributed by atoms with Gasteiger partial charge in [0.2, 0.25) is 10.0 Å². The first-order valence-corrected chi connectivity index (χ1v) is 9.49.